The first-order valence-electron chi connectivity index (χ1n) is 6.45. The lowest BCUT2D eigenvalue weighted by molar-refractivity contribution is -0.119. The molecular weight excluding hydrogens is 329 g/mol. The molecule has 0 fully saturated rings. The van der Waals surface area contributed by atoms with E-state index in [4.69, 9.17) is 5.73 Å². The second-order valence-electron chi connectivity index (χ2n) is 4.77. The van der Waals surface area contributed by atoms with E-state index in [1.54, 1.807) is 18.3 Å². The number of carbonyl (C=O) groups excluding carboxylic acids is 1. The van der Waals surface area contributed by atoms with Gasteiger partial charge in [0.15, 0.2) is 11.5 Å². The summed E-state index contributed by atoms with van der Waals surface area (Å²) in [5.41, 5.74) is 6.93. The number of amides is 1. The van der Waals surface area contributed by atoms with Gasteiger partial charge in [0.05, 0.1) is 12.9 Å². The molecule has 4 N–H and O–H groups in total. The number of H-pyrrole nitrogens is 1. The van der Waals surface area contributed by atoms with Crippen molar-refractivity contribution in [3.8, 4) is 0 Å². The van der Waals surface area contributed by atoms with Gasteiger partial charge in [0.25, 0.3) is 0 Å². The van der Waals surface area contributed by atoms with Crippen molar-refractivity contribution in [1.82, 2.24) is 25.3 Å². The van der Waals surface area contributed by atoms with Gasteiger partial charge in [-0.15, -0.1) is 24.8 Å². The molecule has 0 radical (unpaired) electrons. The van der Waals surface area contributed by atoms with Crippen molar-refractivity contribution in [2.75, 3.05) is 25.0 Å². The van der Waals surface area contributed by atoms with Gasteiger partial charge in [-0.05, 0) is 13.3 Å². The maximum absolute atomic E-state index is 11.8. The number of nitrogens with one attached hydrogen (secondary N) is 2. The van der Waals surface area contributed by atoms with Crippen LogP contribution in [-0.2, 0) is 4.79 Å². The fourth-order valence-electron chi connectivity index (χ4n) is 1.83. The molecule has 0 saturated carbocycles. The molecule has 0 aliphatic carbocycles. The largest absolute Gasteiger partial charge is 0.355 e. The molecular formula is C12H21Cl2N7O. The number of hydrogen-bond donors (Lipinski definition) is 3. The number of nitrogens with two attached hydrogens (primary N) is 1. The second kappa shape index (κ2) is 9.39. The molecule has 10 heteroatoms. The van der Waals surface area contributed by atoms with Crippen LogP contribution in [0.1, 0.15) is 13.3 Å². The molecule has 0 spiro atoms. The standard InChI is InChI=1S/C12H19N7O.2ClH/c1-8(13)3-4-14-9(20)5-19(2)12-10-11(16-6-15-10)17-7-18-12;;/h6-8H,3-5,13H2,1-2H3,(H,14,20)(H,15,16,17,18);2*1H. The van der Waals surface area contributed by atoms with Crippen LogP contribution in [0.15, 0.2) is 12.7 Å². The third kappa shape index (κ3) is 5.28. The summed E-state index contributed by atoms with van der Waals surface area (Å²) >= 11 is 0. The van der Waals surface area contributed by atoms with Crippen molar-refractivity contribution < 1.29 is 4.79 Å². The Kier molecular flexibility index (Phi) is 8.69. The van der Waals surface area contributed by atoms with Crippen LogP contribution in [0.5, 0.6) is 0 Å². The molecule has 2 rings (SSSR count). The lowest BCUT2D eigenvalue weighted by Gasteiger charge is -2.18. The van der Waals surface area contributed by atoms with E-state index >= 15 is 0 Å². The van der Waals surface area contributed by atoms with Crippen LogP contribution in [0, 0.1) is 0 Å². The second-order valence-corrected chi connectivity index (χ2v) is 4.77. The summed E-state index contributed by atoms with van der Waals surface area (Å²) in [6.07, 6.45) is 3.75. The quantitative estimate of drug-likeness (QED) is 0.699. The number of likely N-dealkylation sites (N-methyl/N-ethyl adjacent to an activating group) is 1. The van der Waals surface area contributed by atoms with E-state index in [1.807, 2.05) is 6.92 Å². The monoisotopic (exact) mass is 349 g/mol. The van der Waals surface area contributed by atoms with E-state index in [9.17, 15) is 4.79 Å². The third-order valence-electron chi connectivity index (χ3n) is 2.87. The third-order valence-corrected chi connectivity index (χ3v) is 2.87. The van der Waals surface area contributed by atoms with Gasteiger partial charge >= 0.3 is 0 Å². The number of hydrogen-bond acceptors (Lipinski definition) is 6. The molecule has 0 aliphatic heterocycles. The number of aromatic amines is 1. The molecule has 0 aromatic carbocycles. The van der Waals surface area contributed by atoms with Gasteiger partial charge in [0, 0.05) is 19.6 Å². The average Bonchev–Trinajstić information content (AvgIpc) is 2.85. The van der Waals surface area contributed by atoms with Crippen LogP contribution in [0.4, 0.5) is 5.82 Å². The topological polar surface area (TPSA) is 113 Å². The molecule has 0 bridgehead atoms. The smallest absolute Gasteiger partial charge is 0.239 e. The number of imidazole rings is 1. The number of rotatable bonds is 6. The molecule has 22 heavy (non-hydrogen) atoms. The highest BCUT2D eigenvalue weighted by Gasteiger charge is 2.13. The van der Waals surface area contributed by atoms with Gasteiger partial charge in [-0.3, -0.25) is 4.79 Å². The number of halogens is 2. The lowest BCUT2D eigenvalue weighted by Crippen LogP contribution is -2.37. The zero-order chi connectivity index (χ0) is 14.5. The Labute approximate surface area is 141 Å². The Bertz CT molecular complexity index is 590. The highest BCUT2D eigenvalue weighted by atomic mass is 35.5. The predicted molar refractivity (Wildman–Crippen MR) is 90.7 cm³/mol. The SMILES string of the molecule is CC(N)CCNC(=O)CN(C)c1ncnc2nc[nH]c12.Cl.Cl. The van der Waals surface area contributed by atoms with Crippen molar-refractivity contribution in [2.24, 2.45) is 5.73 Å². The summed E-state index contributed by atoms with van der Waals surface area (Å²) in [5.74, 6) is 0.578. The van der Waals surface area contributed by atoms with Crippen LogP contribution in [0.2, 0.25) is 0 Å². The minimum absolute atomic E-state index is 0. The maximum Gasteiger partial charge on any atom is 0.239 e. The minimum atomic E-state index is -0.0700. The van der Waals surface area contributed by atoms with Crippen molar-refractivity contribution in [3.63, 3.8) is 0 Å². The van der Waals surface area contributed by atoms with Crippen molar-refractivity contribution in [3.05, 3.63) is 12.7 Å². The van der Waals surface area contributed by atoms with Gasteiger partial charge < -0.3 is 20.9 Å². The average molecular weight is 350 g/mol. The highest BCUT2D eigenvalue weighted by Crippen LogP contribution is 2.17. The first kappa shape index (κ1) is 20.4. The molecule has 0 saturated heterocycles. The Balaban J connectivity index is 0.00000220. The van der Waals surface area contributed by atoms with Crippen LogP contribution < -0.4 is 16.0 Å². The van der Waals surface area contributed by atoms with Gasteiger partial charge in [-0.1, -0.05) is 0 Å². The molecule has 2 heterocycles. The lowest BCUT2D eigenvalue weighted by atomic mass is 10.2. The Morgan fingerprint density at radius 2 is 2.14 bits per heavy atom. The summed E-state index contributed by atoms with van der Waals surface area (Å²) in [7, 11) is 1.80. The molecule has 2 aromatic rings. The Morgan fingerprint density at radius 3 is 2.82 bits per heavy atom. The zero-order valence-corrected chi connectivity index (χ0v) is 14.1. The summed E-state index contributed by atoms with van der Waals surface area (Å²) in [5, 5.41) is 2.83. The van der Waals surface area contributed by atoms with Gasteiger partial charge in [0.2, 0.25) is 5.91 Å². The van der Waals surface area contributed by atoms with E-state index in [-0.39, 0.29) is 43.3 Å². The van der Waals surface area contributed by atoms with E-state index in [0.717, 1.165) is 11.9 Å². The van der Waals surface area contributed by atoms with Crippen LogP contribution in [0.3, 0.4) is 0 Å². The van der Waals surface area contributed by atoms with Crippen molar-refractivity contribution >= 4 is 47.7 Å². The van der Waals surface area contributed by atoms with Crippen LogP contribution in [0.25, 0.3) is 11.2 Å². The number of carbonyl (C=O) groups is 1. The molecule has 1 unspecified atom stereocenters. The molecule has 0 aliphatic rings. The summed E-state index contributed by atoms with van der Waals surface area (Å²) in [4.78, 5) is 28.8. The van der Waals surface area contributed by atoms with Gasteiger partial charge in [0.1, 0.15) is 11.8 Å². The number of nitrogens with zero attached hydrogens (tertiary/aromatic N) is 4. The number of fused-ring (bicyclic) bond motifs is 1. The van der Waals surface area contributed by atoms with E-state index in [2.05, 4.69) is 25.3 Å². The predicted octanol–water partition coefficient (Wildman–Crippen LogP) is 0.486. The minimum Gasteiger partial charge on any atom is -0.355 e. The normalized spacial score (nSPS) is 11.2. The van der Waals surface area contributed by atoms with E-state index in [1.165, 1.54) is 6.33 Å². The Morgan fingerprint density at radius 1 is 1.41 bits per heavy atom. The number of aromatic nitrogens is 4. The van der Waals surface area contributed by atoms with E-state index < -0.39 is 0 Å². The van der Waals surface area contributed by atoms with Crippen LogP contribution in [-0.4, -0.2) is 52.0 Å². The summed E-state index contributed by atoms with van der Waals surface area (Å²) in [6.45, 7) is 2.70. The summed E-state index contributed by atoms with van der Waals surface area (Å²) in [6, 6.07) is 0.0829. The maximum atomic E-state index is 11.8. The van der Waals surface area contributed by atoms with Gasteiger partial charge in [-0.25, -0.2) is 15.0 Å². The first-order chi connectivity index (χ1) is 9.58. The molecule has 1 amide bonds. The van der Waals surface area contributed by atoms with Gasteiger partial charge in [-0.2, -0.15) is 0 Å². The van der Waals surface area contributed by atoms with E-state index in [0.29, 0.717) is 18.0 Å². The molecule has 124 valence electrons. The fourth-order valence-corrected chi connectivity index (χ4v) is 1.83. The fraction of sp³-hybridized carbons (Fsp3) is 0.500. The first-order valence-corrected chi connectivity index (χ1v) is 6.45. The molecule has 2 aromatic heterocycles. The summed E-state index contributed by atoms with van der Waals surface area (Å²) < 4.78 is 0. The van der Waals surface area contributed by atoms with Crippen molar-refractivity contribution in [2.45, 2.75) is 19.4 Å². The highest BCUT2D eigenvalue weighted by molar-refractivity contribution is 5.87. The molecule has 1 atom stereocenters. The van der Waals surface area contributed by atoms with Crippen LogP contribution >= 0.6 is 24.8 Å². The number of anilines is 1. The Hall–Kier alpha value is -1.64. The van der Waals surface area contributed by atoms with Crippen molar-refractivity contribution in [1.29, 1.82) is 0 Å². The molecule has 8 nitrogen and oxygen atoms in total. The zero-order valence-electron chi connectivity index (χ0n) is 12.4.